The molecular formula is C13H10BrFN2O3. The number of nitrogens with zero attached hydrogens (tertiary/aromatic N) is 2. The van der Waals surface area contributed by atoms with Crippen LogP contribution in [0.4, 0.5) is 4.39 Å². The van der Waals surface area contributed by atoms with E-state index in [2.05, 4.69) is 21.0 Å². The van der Waals surface area contributed by atoms with E-state index in [1.54, 1.807) is 13.8 Å². The number of carboxylic acid groups (broad SMARTS) is 1. The van der Waals surface area contributed by atoms with Crippen LogP contribution in [0.25, 0.3) is 5.69 Å². The third kappa shape index (κ3) is 2.49. The molecule has 7 heteroatoms. The van der Waals surface area contributed by atoms with E-state index in [1.807, 2.05) is 0 Å². The van der Waals surface area contributed by atoms with Gasteiger partial charge in [0.1, 0.15) is 5.82 Å². The van der Waals surface area contributed by atoms with E-state index in [9.17, 15) is 14.0 Å². The lowest BCUT2D eigenvalue weighted by Crippen LogP contribution is -2.22. The van der Waals surface area contributed by atoms with Gasteiger partial charge in [-0.25, -0.2) is 13.9 Å². The number of carboxylic acids is 1. The first-order chi connectivity index (χ1) is 9.31. The van der Waals surface area contributed by atoms with E-state index >= 15 is 0 Å². The summed E-state index contributed by atoms with van der Waals surface area (Å²) in [5.74, 6) is -1.83. The van der Waals surface area contributed by atoms with Gasteiger partial charge in [-0.3, -0.25) is 4.79 Å². The largest absolute Gasteiger partial charge is 0.476 e. The fourth-order valence-corrected chi connectivity index (χ4v) is 2.13. The van der Waals surface area contributed by atoms with Crippen molar-refractivity contribution in [2.24, 2.45) is 0 Å². The van der Waals surface area contributed by atoms with E-state index in [1.165, 1.54) is 22.9 Å². The fraction of sp³-hybridized carbons (Fsp3) is 0.154. The van der Waals surface area contributed by atoms with Crippen molar-refractivity contribution in [3.8, 4) is 5.69 Å². The summed E-state index contributed by atoms with van der Waals surface area (Å²) in [6, 6.07) is 3.98. The smallest absolute Gasteiger partial charge is 0.360 e. The quantitative estimate of drug-likeness (QED) is 0.911. The summed E-state index contributed by atoms with van der Waals surface area (Å²) in [4.78, 5) is 22.5. The highest BCUT2D eigenvalue weighted by Crippen LogP contribution is 2.23. The molecule has 2 aromatic rings. The van der Waals surface area contributed by atoms with Crippen molar-refractivity contribution in [3.05, 3.63) is 55.7 Å². The molecule has 1 heterocycles. The molecule has 20 heavy (non-hydrogen) atoms. The van der Waals surface area contributed by atoms with Gasteiger partial charge in [-0.1, -0.05) is 0 Å². The van der Waals surface area contributed by atoms with Crippen LogP contribution in [-0.2, 0) is 0 Å². The van der Waals surface area contributed by atoms with E-state index in [4.69, 9.17) is 5.11 Å². The van der Waals surface area contributed by atoms with Gasteiger partial charge < -0.3 is 5.11 Å². The maximum atomic E-state index is 13.4. The van der Waals surface area contributed by atoms with Gasteiger partial charge in [0.05, 0.1) is 10.2 Å². The predicted molar refractivity (Wildman–Crippen MR) is 73.9 cm³/mol. The van der Waals surface area contributed by atoms with Crippen molar-refractivity contribution < 1.29 is 14.3 Å². The SMILES string of the molecule is Cc1cc(F)c(Br)cc1-n1nc(C(=O)O)c(=O)cc1C. The minimum Gasteiger partial charge on any atom is -0.476 e. The van der Waals surface area contributed by atoms with Gasteiger partial charge in [-0.2, -0.15) is 5.10 Å². The number of benzene rings is 1. The lowest BCUT2D eigenvalue weighted by Gasteiger charge is -2.13. The molecule has 2 rings (SSSR count). The average Bonchev–Trinajstić information content (AvgIpc) is 2.34. The number of halogens is 2. The van der Waals surface area contributed by atoms with Crippen molar-refractivity contribution in [3.63, 3.8) is 0 Å². The fourth-order valence-electron chi connectivity index (χ4n) is 1.80. The highest BCUT2D eigenvalue weighted by atomic mass is 79.9. The van der Waals surface area contributed by atoms with Gasteiger partial charge in [0.2, 0.25) is 11.1 Å². The van der Waals surface area contributed by atoms with Crippen LogP contribution in [-0.4, -0.2) is 20.9 Å². The molecule has 0 saturated carbocycles. The maximum absolute atomic E-state index is 13.4. The molecule has 0 bridgehead atoms. The van der Waals surface area contributed by atoms with Crippen LogP contribution in [0.2, 0.25) is 0 Å². The molecule has 1 aromatic carbocycles. The van der Waals surface area contributed by atoms with Crippen molar-refractivity contribution >= 4 is 21.9 Å². The van der Waals surface area contributed by atoms with Crippen LogP contribution < -0.4 is 5.43 Å². The molecule has 104 valence electrons. The van der Waals surface area contributed by atoms with Gasteiger partial charge in [0.25, 0.3) is 0 Å². The molecule has 1 aromatic heterocycles. The highest BCUT2D eigenvalue weighted by molar-refractivity contribution is 9.10. The van der Waals surface area contributed by atoms with Crippen LogP contribution in [0.15, 0.2) is 27.5 Å². The Morgan fingerprint density at radius 1 is 1.35 bits per heavy atom. The van der Waals surface area contributed by atoms with E-state index in [0.29, 0.717) is 16.9 Å². The molecule has 0 aliphatic carbocycles. The van der Waals surface area contributed by atoms with Crippen molar-refractivity contribution in [1.82, 2.24) is 9.78 Å². The maximum Gasteiger partial charge on any atom is 0.360 e. The monoisotopic (exact) mass is 340 g/mol. The summed E-state index contributed by atoms with van der Waals surface area (Å²) in [5, 5.41) is 12.8. The molecule has 0 unspecified atom stereocenters. The molecule has 0 atom stereocenters. The second-order valence-corrected chi connectivity index (χ2v) is 5.12. The Balaban J connectivity index is 2.76. The third-order valence-corrected chi connectivity index (χ3v) is 3.38. The zero-order valence-corrected chi connectivity index (χ0v) is 12.2. The number of hydrogen-bond donors (Lipinski definition) is 1. The van der Waals surface area contributed by atoms with Gasteiger partial charge in [0, 0.05) is 11.8 Å². The van der Waals surface area contributed by atoms with Crippen molar-refractivity contribution in [2.75, 3.05) is 0 Å². The lowest BCUT2D eigenvalue weighted by atomic mass is 10.2. The Morgan fingerprint density at radius 2 is 2.00 bits per heavy atom. The van der Waals surface area contributed by atoms with E-state index in [-0.39, 0.29) is 4.47 Å². The number of hydrogen-bond acceptors (Lipinski definition) is 3. The highest BCUT2D eigenvalue weighted by Gasteiger charge is 2.15. The number of carbonyl (C=O) groups is 1. The Kier molecular flexibility index (Phi) is 3.71. The third-order valence-electron chi connectivity index (χ3n) is 2.78. The minimum absolute atomic E-state index is 0.231. The van der Waals surface area contributed by atoms with E-state index in [0.717, 1.165) is 0 Å². The van der Waals surface area contributed by atoms with Crippen molar-refractivity contribution in [2.45, 2.75) is 13.8 Å². The number of rotatable bonds is 2. The summed E-state index contributed by atoms with van der Waals surface area (Å²) < 4.78 is 15.0. The summed E-state index contributed by atoms with van der Waals surface area (Å²) in [6.07, 6.45) is 0. The summed E-state index contributed by atoms with van der Waals surface area (Å²) in [7, 11) is 0. The predicted octanol–water partition coefficient (Wildman–Crippen LogP) is 2.45. The van der Waals surface area contributed by atoms with Crippen LogP contribution in [0.5, 0.6) is 0 Å². The normalized spacial score (nSPS) is 10.6. The standard InChI is InChI=1S/C13H10BrFN2O3/c1-6-3-9(15)8(14)5-10(6)17-7(2)4-11(18)12(16-17)13(19)20/h3-5H,1-2H3,(H,19,20). The Bertz CT molecular complexity index is 771. The topological polar surface area (TPSA) is 72.2 Å². The summed E-state index contributed by atoms with van der Waals surface area (Å²) >= 11 is 3.07. The zero-order valence-electron chi connectivity index (χ0n) is 10.6. The Morgan fingerprint density at radius 3 is 2.60 bits per heavy atom. The molecular weight excluding hydrogens is 331 g/mol. The molecule has 0 amide bonds. The molecule has 0 fully saturated rings. The first-order valence-corrected chi connectivity index (χ1v) is 6.41. The zero-order chi connectivity index (χ0) is 15.0. The number of aryl methyl sites for hydroxylation is 2. The number of aromatic carboxylic acids is 1. The Labute approximate surface area is 121 Å². The molecule has 0 radical (unpaired) electrons. The average molecular weight is 341 g/mol. The molecule has 0 saturated heterocycles. The second kappa shape index (κ2) is 5.16. The first-order valence-electron chi connectivity index (χ1n) is 5.61. The summed E-state index contributed by atoms with van der Waals surface area (Å²) in [5.41, 5.74) is 0.293. The second-order valence-electron chi connectivity index (χ2n) is 4.27. The Hall–Kier alpha value is -2.02. The lowest BCUT2D eigenvalue weighted by molar-refractivity contribution is 0.0686. The van der Waals surface area contributed by atoms with Crippen LogP contribution in [0.1, 0.15) is 21.7 Å². The van der Waals surface area contributed by atoms with Gasteiger partial charge in [0.15, 0.2) is 0 Å². The molecule has 0 spiro atoms. The molecule has 1 N–H and O–H groups in total. The minimum atomic E-state index is -1.40. The molecule has 0 aliphatic rings. The van der Waals surface area contributed by atoms with Crippen LogP contribution >= 0.6 is 15.9 Å². The van der Waals surface area contributed by atoms with Crippen molar-refractivity contribution in [1.29, 1.82) is 0 Å². The molecule has 0 aliphatic heterocycles. The first kappa shape index (κ1) is 14.4. The van der Waals surface area contributed by atoms with E-state index < -0.39 is 22.9 Å². The number of aromatic nitrogens is 2. The van der Waals surface area contributed by atoms with Crippen LogP contribution in [0, 0.1) is 19.7 Å². The summed E-state index contributed by atoms with van der Waals surface area (Å²) in [6.45, 7) is 3.29. The van der Waals surface area contributed by atoms with Gasteiger partial charge in [-0.05, 0) is 47.5 Å². The molecule has 5 nitrogen and oxygen atoms in total. The van der Waals surface area contributed by atoms with Gasteiger partial charge >= 0.3 is 5.97 Å². The van der Waals surface area contributed by atoms with Gasteiger partial charge in [-0.15, -0.1) is 0 Å². The van der Waals surface area contributed by atoms with Crippen LogP contribution in [0.3, 0.4) is 0 Å².